The van der Waals surface area contributed by atoms with Crippen LogP contribution in [0.4, 0.5) is 5.69 Å². The van der Waals surface area contributed by atoms with Crippen molar-refractivity contribution in [3.63, 3.8) is 0 Å². The first kappa shape index (κ1) is 19.2. The molecule has 0 fully saturated rings. The Morgan fingerprint density at radius 3 is 2.21 bits per heavy atom. The maximum Gasteiger partial charge on any atom is 0.282 e. The lowest BCUT2D eigenvalue weighted by Crippen LogP contribution is -2.34. The Bertz CT molecular complexity index is 1050. The van der Waals surface area contributed by atoms with E-state index in [9.17, 15) is 9.59 Å². The van der Waals surface area contributed by atoms with Crippen LogP contribution in [0.25, 0.3) is 5.57 Å². The number of anilines is 1. The molecule has 3 aromatic rings. The summed E-state index contributed by atoms with van der Waals surface area (Å²) in [6, 6.07) is 21.4. The minimum absolute atomic E-state index is 0.267. The van der Waals surface area contributed by atoms with E-state index in [-0.39, 0.29) is 11.8 Å². The van der Waals surface area contributed by atoms with Gasteiger partial charge in [-0.3, -0.25) is 9.59 Å². The first-order valence-corrected chi connectivity index (χ1v) is 10.5. The molecule has 1 aliphatic rings. The fourth-order valence-electron chi connectivity index (χ4n) is 3.57. The van der Waals surface area contributed by atoms with E-state index in [2.05, 4.69) is 6.92 Å². The molecule has 146 valence electrons. The van der Waals surface area contributed by atoms with E-state index in [0.717, 1.165) is 16.9 Å². The zero-order chi connectivity index (χ0) is 20.4. The molecular formula is C24H22N2O2S. The average Bonchev–Trinajstić information content (AvgIpc) is 3.35. The number of benzene rings is 2. The van der Waals surface area contributed by atoms with Crippen LogP contribution >= 0.6 is 11.3 Å². The maximum atomic E-state index is 13.4. The van der Waals surface area contributed by atoms with Crippen molar-refractivity contribution in [1.82, 2.24) is 4.90 Å². The monoisotopic (exact) mass is 402 g/mol. The largest absolute Gasteiger partial charge is 0.365 e. The Hall–Kier alpha value is -3.18. The molecule has 4 nitrogen and oxygen atoms in total. The van der Waals surface area contributed by atoms with Gasteiger partial charge in [0.05, 0.1) is 11.3 Å². The van der Waals surface area contributed by atoms with Crippen molar-refractivity contribution in [2.75, 3.05) is 11.9 Å². The van der Waals surface area contributed by atoms with Crippen molar-refractivity contribution in [1.29, 1.82) is 0 Å². The number of hydrogen-bond donors (Lipinski definition) is 0. The van der Waals surface area contributed by atoms with Gasteiger partial charge in [0.1, 0.15) is 5.70 Å². The fourth-order valence-corrected chi connectivity index (χ4v) is 4.33. The van der Waals surface area contributed by atoms with E-state index < -0.39 is 0 Å². The molecule has 2 amide bonds. The molecule has 0 N–H and O–H groups in total. The van der Waals surface area contributed by atoms with Crippen molar-refractivity contribution in [3.05, 3.63) is 93.8 Å². The minimum Gasteiger partial charge on any atom is -0.365 e. The van der Waals surface area contributed by atoms with E-state index in [1.807, 2.05) is 84.1 Å². The molecule has 2 heterocycles. The van der Waals surface area contributed by atoms with Crippen LogP contribution in [0.3, 0.4) is 0 Å². The number of likely N-dealkylation sites (N-methyl/N-ethyl adjacent to an activating group) is 1. The van der Waals surface area contributed by atoms with Gasteiger partial charge in [-0.15, -0.1) is 11.3 Å². The molecule has 0 radical (unpaired) electrons. The zero-order valence-corrected chi connectivity index (χ0v) is 17.3. The summed E-state index contributed by atoms with van der Waals surface area (Å²) in [6.45, 7) is 2.63. The summed E-state index contributed by atoms with van der Waals surface area (Å²) in [5.74, 6) is -0.544. The number of rotatable bonds is 6. The molecule has 2 aromatic carbocycles. The minimum atomic E-state index is -0.277. The summed E-state index contributed by atoms with van der Waals surface area (Å²) < 4.78 is 0. The normalized spacial score (nSPS) is 14.1. The summed E-state index contributed by atoms with van der Waals surface area (Å²) in [6.07, 6.45) is 0.909. The third-order valence-corrected chi connectivity index (χ3v) is 5.96. The van der Waals surface area contributed by atoms with Gasteiger partial charge in [-0.1, -0.05) is 55.5 Å². The number of aryl methyl sites for hydroxylation is 1. The molecule has 4 rings (SSSR count). The highest BCUT2D eigenvalue weighted by atomic mass is 32.1. The summed E-state index contributed by atoms with van der Waals surface area (Å²) in [4.78, 5) is 30.8. The lowest BCUT2D eigenvalue weighted by molar-refractivity contribution is -0.120. The van der Waals surface area contributed by atoms with E-state index in [0.29, 0.717) is 23.5 Å². The van der Waals surface area contributed by atoms with Crippen molar-refractivity contribution >= 4 is 34.4 Å². The quantitative estimate of drug-likeness (QED) is 0.560. The second kappa shape index (κ2) is 8.05. The van der Waals surface area contributed by atoms with Crippen LogP contribution < -0.4 is 4.90 Å². The summed E-state index contributed by atoms with van der Waals surface area (Å²) in [7, 11) is 1.87. The molecule has 0 unspecified atom stereocenters. The van der Waals surface area contributed by atoms with Gasteiger partial charge in [-0.2, -0.15) is 0 Å². The first-order valence-electron chi connectivity index (χ1n) is 9.61. The number of carbonyl (C=O) groups is 2. The molecule has 0 aliphatic carbocycles. The number of hydrogen-bond acceptors (Lipinski definition) is 4. The van der Waals surface area contributed by atoms with Gasteiger partial charge in [-0.05, 0) is 41.1 Å². The smallest absolute Gasteiger partial charge is 0.282 e. The predicted octanol–water partition coefficient (Wildman–Crippen LogP) is 4.73. The van der Waals surface area contributed by atoms with Crippen LogP contribution in [0, 0.1) is 0 Å². The van der Waals surface area contributed by atoms with Crippen molar-refractivity contribution in [3.8, 4) is 0 Å². The molecule has 0 atom stereocenters. The standard InChI is InChI=1S/C24H22N2O2S/c1-3-17-11-13-19(14-12-17)26-23(27)21(20-10-7-15-29-20)22(24(26)28)25(2)16-18-8-5-4-6-9-18/h4-15H,3,16H2,1-2H3. The Kier molecular flexibility index (Phi) is 5.32. The van der Waals surface area contributed by atoms with Gasteiger partial charge in [0.25, 0.3) is 11.8 Å². The van der Waals surface area contributed by atoms with Gasteiger partial charge < -0.3 is 4.90 Å². The maximum absolute atomic E-state index is 13.4. The molecular weight excluding hydrogens is 380 g/mol. The van der Waals surface area contributed by atoms with E-state index in [1.54, 1.807) is 0 Å². The molecule has 0 saturated heterocycles. The molecule has 1 aliphatic heterocycles. The number of imide groups is 1. The lowest BCUT2D eigenvalue weighted by Gasteiger charge is -2.21. The Morgan fingerprint density at radius 2 is 1.59 bits per heavy atom. The van der Waals surface area contributed by atoms with Gasteiger partial charge in [0.15, 0.2) is 0 Å². The lowest BCUT2D eigenvalue weighted by atomic mass is 10.1. The van der Waals surface area contributed by atoms with Crippen molar-refractivity contribution in [2.24, 2.45) is 0 Å². The van der Waals surface area contributed by atoms with Gasteiger partial charge in [0.2, 0.25) is 0 Å². The third-order valence-electron chi connectivity index (χ3n) is 5.07. The number of nitrogens with zero attached hydrogens (tertiary/aromatic N) is 2. The average molecular weight is 403 g/mol. The zero-order valence-electron chi connectivity index (χ0n) is 16.5. The summed E-state index contributed by atoms with van der Waals surface area (Å²) in [5.41, 5.74) is 3.78. The second-order valence-electron chi connectivity index (χ2n) is 7.01. The molecule has 5 heteroatoms. The van der Waals surface area contributed by atoms with E-state index in [4.69, 9.17) is 0 Å². The Labute approximate surface area is 174 Å². The van der Waals surface area contributed by atoms with E-state index in [1.165, 1.54) is 21.8 Å². The molecule has 0 bridgehead atoms. The first-order chi connectivity index (χ1) is 14.1. The molecule has 0 spiro atoms. The molecule has 29 heavy (non-hydrogen) atoms. The van der Waals surface area contributed by atoms with Gasteiger partial charge in [-0.25, -0.2) is 4.90 Å². The second-order valence-corrected chi connectivity index (χ2v) is 7.96. The third kappa shape index (κ3) is 3.61. The van der Waals surface area contributed by atoms with Crippen LogP contribution in [-0.2, 0) is 22.6 Å². The predicted molar refractivity (Wildman–Crippen MR) is 117 cm³/mol. The van der Waals surface area contributed by atoms with Crippen LogP contribution in [0.15, 0.2) is 77.8 Å². The number of amides is 2. The molecule has 0 saturated carbocycles. The molecule has 1 aromatic heterocycles. The number of thiophene rings is 1. The van der Waals surface area contributed by atoms with Crippen LogP contribution in [0.2, 0.25) is 0 Å². The SMILES string of the molecule is CCc1ccc(N2C(=O)C(c3cccs3)=C(N(C)Cc3ccccc3)C2=O)cc1. The van der Waals surface area contributed by atoms with Gasteiger partial charge in [0, 0.05) is 18.5 Å². The fraction of sp³-hybridized carbons (Fsp3) is 0.167. The summed E-state index contributed by atoms with van der Waals surface area (Å²) >= 11 is 1.47. The van der Waals surface area contributed by atoms with Gasteiger partial charge >= 0.3 is 0 Å². The van der Waals surface area contributed by atoms with Crippen LogP contribution in [0.1, 0.15) is 22.9 Å². The highest BCUT2D eigenvalue weighted by Gasteiger charge is 2.42. The van der Waals surface area contributed by atoms with Crippen molar-refractivity contribution in [2.45, 2.75) is 19.9 Å². The summed E-state index contributed by atoms with van der Waals surface area (Å²) in [5, 5.41) is 1.92. The topological polar surface area (TPSA) is 40.6 Å². The highest BCUT2D eigenvalue weighted by Crippen LogP contribution is 2.36. The highest BCUT2D eigenvalue weighted by molar-refractivity contribution is 7.11. The van der Waals surface area contributed by atoms with Crippen molar-refractivity contribution < 1.29 is 9.59 Å². The number of carbonyl (C=O) groups excluding carboxylic acids is 2. The van der Waals surface area contributed by atoms with Crippen LogP contribution in [-0.4, -0.2) is 23.8 Å². The van der Waals surface area contributed by atoms with Crippen LogP contribution in [0.5, 0.6) is 0 Å². The Balaban J connectivity index is 1.74. The Morgan fingerprint density at radius 1 is 0.862 bits per heavy atom. The van der Waals surface area contributed by atoms with E-state index >= 15 is 0 Å².